The number of thiazole rings is 1. The molecule has 116 valence electrons. The van der Waals surface area contributed by atoms with Crippen LogP contribution in [0.15, 0.2) is 23.6 Å². The van der Waals surface area contributed by atoms with Crippen molar-refractivity contribution >= 4 is 34.0 Å². The van der Waals surface area contributed by atoms with Gasteiger partial charge in [-0.25, -0.2) is 9.37 Å². The second-order valence-corrected chi connectivity index (χ2v) is 5.86. The van der Waals surface area contributed by atoms with E-state index in [9.17, 15) is 9.18 Å². The van der Waals surface area contributed by atoms with Gasteiger partial charge >= 0.3 is 0 Å². The van der Waals surface area contributed by atoms with Crippen LogP contribution in [0.5, 0.6) is 0 Å². The van der Waals surface area contributed by atoms with Gasteiger partial charge in [-0.05, 0) is 18.2 Å². The van der Waals surface area contributed by atoms with Crippen molar-refractivity contribution in [3.8, 4) is 11.3 Å². The zero-order valence-electron chi connectivity index (χ0n) is 11.3. The highest BCUT2D eigenvalue weighted by atomic mass is 35.5. The van der Waals surface area contributed by atoms with Gasteiger partial charge in [0.1, 0.15) is 5.82 Å². The molecule has 3 rings (SSSR count). The molecule has 1 aliphatic rings. The largest absolute Gasteiger partial charge is 0.376 e. The Morgan fingerprint density at radius 3 is 3.05 bits per heavy atom. The molecule has 0 bridgehead atoms. The van der Waals surface area contributed by atoms with Gasteiger partial charge in [-0.15, -0.1) is 11.3 Å². The van der Waals surface area contributed by atoms with Crippen molar-refractivity contribution < 1.29 is 18.7 Å². The van der Waals surface area contributed by atoms with Crippen molar-refractivity contribution in [2.75, 3.05) is 25.1 Å². The standard InChI is InChI=1S/C14H12ClFN2O3S/c15-9-5-8(1-2-10(9)16)11-7-22-14(17-11)18-13(19)12-6-20-3-4-21-12/h1-2,5,7,12H,3-4,6H2,(H,17,18,19)/t12-/m1/s1. The molecule has 1 N–H and O–H groups in total. The van der Waals surface area contributed by atoms with E-state index < -0.39 is 11.9 Å². The minimum Gasteiger partial charge on any atom is -0.376 e. The van der Waals surface area contributed by atoms with E-state index >= 15 is 0 Å². The molecule has 5 nitrogen and oxygen atoms in total. The molecule has 1 saturated heterocycles. The molecule has 2 heterocycles. The molecule has 0 radical (unpaired) electrons. The molecule has 1 fully saturated rings. The van der Waals surface area contributed by atoms with Crippen molar-refractivity contribution in [2.24, 2.45) is 0 Å². The van der Waals surface area contributed by atoms with Crippen LogP contribution < -0.4 is 5.32 Å². The second-order valence-electron chi connectivity index (χ2n) is 4.59. The van der Waals surface area contributed by atoms with Crippen LogP contribution in [-0.2, 0) is 14.3 Å². The number of anilines is 1. The van der Waals surface area contributed by atoms with Crippen molar-refractivity contribution in [3.05, 3.63) is 34.4 Å². The molecule has 1 aromatic heterocycles. The molecule has 1 aromatic carbocycles. The maximum Gasteiger partial charge on any atom is 0.257 e. The van der Waals surface area contributed by atoms with Gasteiger partial charge in [0.15, 0.2) is 11.2 Å². The van der Waals surface area contributed by atoms with E-state index in [1.54, 1.807) is 11.4 Å². The van der Waals surface area contributed by atoms with Gasteiger partial charge in [0, 0.05) is 10.9 Å². The van der Waals surface area contributed by atoms with E-state index in [2.05, 4.69) is 10.3 Å². The molecule has 1 aliphatic heterocycles. The van der Waals surface area contributed by atoms with Gasteiger partial charge in [-0.2, -0.15) is 0 Å². The summed E-state index contributed by atoms with van der Waals surface area (Å²) in [6.45, 7) is 1.13. The first-order valence-electron chi connectivity index (χ1n) is 6.54. The van der Waals surface area contributed by atoms with Crippen LogP contribution in [0.4, 0.5) is 9.52 Å². The van der Waals surface area contributed by atoms with E-state index in [0.29, 0.717) is 29.6 Å². The third kappa shape index (κ3) is 3.44. The highest BCUT2D eigenvalue weighted by Crippen LogP contribution is 2.28. The van der Waals surface area contributed by atoms with Gasteiger partial charge in [0.05, 0.1) is 30.5 Å². The van der Waals surface area contributed by atoms with Crippen molar-refractivity contribution in [3.63, 3.8) is 0 Å². The average Bonchev–Trinajstić information content (AvgIpc) is 2.99. The Morgan fingerprint density at radius 2 is 2.32 bits per heavy atom. The van der Waals surface area contributed by atoms with Gasteiger partial charge in [0.25, 0.3) is 5.91 Å². The molecule has 0 aliphatic carbocycles. The minimum absolute atomic E-state index is 0.0313. The zero-order valence-corrected chi connectivity index (χ0v) is 12.9. The number of ether oxygens (including phenoxy) is 2. The lowest BCUT2D eigenvalue weighted by molar-refractivity contribution is -0.142. The second kappa shape index (κ2) is 6.70. The minimum atomic E-state index is -0.624. The summed E-state index contributed by atoms with van der Waals surface area (Å²) < 4.78 is 23.7. The summed E-state index contributed by atoms with van der Waals surface area (Å²) in [5, 5.41) is 4.92. The maximum absolute atomic E-state index is 13.2. The maximum atomic E-state index is 13.2. The Balaban J connectivity index is 1.70. The molecular weight excluding hydrogens is 331 g/mol. The van der Waals surface area contributed by atoms with E-state index in [1.165, 1.54) is 23.5 Å². The van der Waals surface area contributed by atoms with E-state index in [1.807, 2.05) is 0 Å². The number of amides is 1. The van der Waals surface area contributed by atoms with Gasteiger partial charge in [-0.3, -0.25) is 10.1 Å². The Bertz CT molecular complexity index is 688. The summed E-state index contributed by atoms with van der Waals surface area (Å²) in [4.78, 5) is 16.3. The Kier molecular flexibility index (Phi) is 4.68. The fourth-order valence-electron chi connectivity index (χ4n) is 1.94. The quantitative estimate of drug-likeness (QED) is 0.931. The number of benzene rings is 1. The highest BCUT2D eigenvalue weighted by molar-refractivity contribution is 7.14. The van der Waals surface area contributed by atoms with Crippen molar-refractivity contribution in [1.29, 1.82) is 0 Å². The molecule has 1 amide bonds. The first-order chi connectivity index (χ1) is 10.6. The topological polar surface area (TPSA) is 60.5 Å². The number of hydrogen-bond donors (Lipinski definition) is 1. The number of hydrogen-bond acceptors (Lipinski definition) is 5. The lowest BCUT2D eigenvalue weighted by Gasteiger charge is -2.21. The summed E-state index contributed by atoms with van der Waals surface area (Å²) in [5.74, 6) is -0.777. The van der Waals surface area contributed by atoms with Crippen LogP contribution in [0.3, 0.4) is 0 Å². The molecule has 0 saturated carbocycles. The van der Waals surface area contributed by atoms with Crippen LogP contribution in [0.1, 0.15) is 0 Å². The number of carbonyl (C=O) groups excluding carboxylic acids is 1. The summed E-state index contributed by atoms with van der Waals surface area (Å²) in [6, 6.07) is 4.36. The van der Waals surface area contributed by atoms with Crippen LogP contribution in [0.25, 0.3) is 11.3 Å². The van der Waals surface area contributed by atoms with E-state index in [4.69, 9.17) is 21.1 Å². The number of rotatable bonds is 3. The number of halogens is 2. The first-order valence-corrected chi connectivity index (χ1v) is 7.80. The average molecular weight is 343 g/mol. The van der Waals surface area contributed by atoms with Crippen LogP contribution in [-0.4, -0.2) is 36.8 Å². The monoisotopic (exact) mass is 342 g/mol. The van der Waals surface area contributed by atoms with Gasteiger partial charge < -0.3 is 9.47 Å². The lowest BCUT2D eigenvalue weighted by Crippen LogP contribution is -2.39. The summed E-state index contributed by atoms with van der Waals surface area (Å²) in [7, 11) is 0. The summed E-state index contributed by atoms with van der Waals surface area (Å²) >= 11 is 7.03. The molecule has 22 heavy (non-hydrogen) atoms. The molecule has 1 atom stereocenters. The van der Waals surface area contributed by atoms with Crippen molar-refractivity contribution in [1.82, 2.24) is 4.98 Å². The molecular formula is C14H12ClFN2O3S. The first kappa shape index (κ1) is 15.4. The predicted molar refractivity (Wildman–Crippen MR) is 81.7 cm³/mol. The Labute approximate surface area is 135 Å². The van der Waals surface area contributed by atoms with Crippen LogP contribution in [0, 0.1) is 5.82 Å². The van der Waals surface area contributed by atoms with E-state index in [0.717, 1.165) is 0 Å². The molecule has 0 unspecified atom stereocenters. The fraction of sp³-hybridized carbons (Fsp3) is 0.286. The SMILES string of the molecule is O=C(Nc1nc(-c2ccc(F)c(Cl)c2)cs1)[C@H]1COCCO1. The highest BCUT2D eigenvalue weighted by Gasteiger charge is 2.23. The molecule has 8 heteroatoms. The zero-order chi connectivity index (χ0) is 15.5. The van der Waals surface area contributed by atoms with Crippen LogP contribution in [0.2, 0.25) is 5.02 Å². The third-order valence-corrected chi connectivity index (χ3v) is 4.11. The Hall–Kier alpha value is -1.54. The summed E-state index contributed by atoms with van der Waals surface area (Å²) in [6.07, 6.45) is -0.624. The smallest absolute Gasteiger partial charge is 0.257 e. The predicted octanol–water partition coefficient (Wildman–Crippen LogP) is 2.96. The van der Waals surface area contributed by atoms with E-state index in [-0.39, 0.29) is 17.5 Å². The van der Waals surface area contributed by atoms with Crippen molar-refractivity contribution in [2.45, 2.75) is 6.10 Å². The summed E-state index contributed by atoms with van der Waals surface area (Å²) in [5.41, 5.74) is 1.29. The van der Waals surface area contributed by atoms with Gasteiger partial charge in [-0.1, -0.05) is 11.6 Å². The third-order valence-electron chi connectivity index (χ3n) is 3.06. The number of nitrogens with zero attached hydrogens (tertiary/aromatic N) is 1. The Morgan fingerprint density at radius 1 is 1.45 bits per heavy atom. The number of aromatic nitrogens is 1. The number of carbonyl (C=O) groups is 1. The van der Waals surface area contributed by atoms with Crippen LogP contribution >= 0.6 is 22.9 Å². The molecule has 0 spiro atoms. The normalized spacial score (nSPS) is 18.2. The van der Waals surface area contributed by atoms with Gasteiger partial charge in [0.2, 0.25) is 0 Å². The molecule has 2 aromatic rings. The number of nitrogens with one attached hydrogen (secondary N) is 1. The lowest BCUT2D eigenvalue weighted by atomic mass is 10.2. The fourth-order valence-corrected chi connectivity index (χ4v) is 2.85.